The van der Waals surface area contributed by atoms with Crippen molar-refractivity contribution in [3.05, 3.63) is 29.8 Å². The number of hydrogen-bond acceptors (Lipinski definition) is 1. The molecule has 0 heterocycles. The first-order valence-electron chi connectivity index (χ1n) is 5.56. The molecule has 0 aliphatic carbocycles. The first kappa shape index (κ1) is 12.4. The van der Waals surface area contributed by atoms with Crippen LogP contribution in [-0.4, -0.2) is 7.11 Å². The van der Waals surface area contributed by atoms with Crippen LogP contribution < -0.4 is 4.74 Å². The van der Waals surface area contributed by atoms with E-state index < -0.39 is 0 Å². The fourth-order valence-electron chi connectivity index (χ4n) is 1.55. The molecule has 0 amide bonds. The van der Waals surface area contributed by atoms with Crippen LogP contribution in [0.1, 0.15) is 43.5 Å². The van der Waals surface area contributed by atoms with Gasteiger partial charge in [0, 0.05) is 0 Å². The zero-order chi connectivity index (χ0) is 11.1. The predicted molar refractivity (Wildman–Crippen MR) is 65.7 cm³/mol. The molecule has 1 unspecified atom stereocenters. The Hall–Kier alpha value is -0.690. The number of benzene rings is 1. The highest BCUT2D eigenvalue weighted by Gasteiger charge is 2.06. The van der Waals surface area contributed by atoms with Gasteiger partial charge in [-0.05, 0) is 24.1 Å². The summed E-state index contributed by atoms with van der Waals surface area (Å²) in [5.41, 5.74) is 1.19. The van der Waals surface area contributed by atoms with Crippen molar-refractivity contribution in [1.29, 1.82) is 0 Å². The van der Waals surface area contributed by atoms with Crippen molar-refractivity contribution in [3.8, 4) is 5.75 Å². The van der Waals surface area contributed by atoms with Gasteiger partial charge in [0.15, 0.2) is 0 Å². The number of halogens is 1. The number of rotatable bonds is 6. The Kier molecular flexibility index (Phi) is 5.56. The fourth-order valence-corrected chi connectivity index (χ4v) is 1.85. The molecule has 15 heavy (non-hydrogen) atoms. The molecule has 0 aliphatic rings. The van der Waals surface area contributed by atoms with Crippen LogP contribution in [0.5, 0.6) is 5.75 Å². The van der Waals surface area contributed by atoms with Gasteiger partial charge in [-0.25, -0.2) is 0 Å². The SMILES string of the molecule is CCCCCC(Cl)c1ccc(OC)cc1. The zero-order valence-corrected chi connectivity index (χ0v) is 10.3. The average Bonchev–Trinajstić information content (AvgIpc) is 2.29. The van der Waals surface area contributed by atoms with E-state index in [0.29, 0.717) is 0 Å². The Morgan fingerprint density at radius 2 is 1.87 bits per heavy atom. The Labute approximate surface area is 97.4 Å². The summed E-state index contributed by atoms with van der Waals surface area (Å²) in [6, 6.07) is 8.01. The van der Waals surface area contributed by atoms with Crippen LogP contribution in [0.25, 0.3) is 0 Å². The van der Waals surface area contributed by atoms with Gasteiger partial charge in [0.2, 0.25) is 0 Å². The quantitative estimate of drug-likeness (QED) is 0.511. The van der Waals surface area contributed by atoms with Gasteiger partial charge in [0.25, 0.3) is 0 Å². The van der Waals surface area contributed by atoms with Crippen LogP contribution in [-0.2, 0) is 0 Å². The maximum Gasteiger partial charge on any atom is 0.118 e. The molecule has 0 N–H and O–H groups in total. The van der Waals surface area contributed by atoms with Crippen LogP contribution in [0.2, 0.25) is 0 Å². The first-order valence-corrected chi connectivity index (χ1v) is 5.99. The summed E-state index contributed by atoms with van der Waals surface area (Å²) in [6.07, 6.45) is 4.77. The highest BCUT2D eigenvalue weighted by Crippen LogP contribution is 2.27. The monoisotopic (exact) mass is 226 g/mol. The van der Waals surface area contributed by atoms with Crippen molar-refractivity contribution < 1.29 is 4.74 Å². The van der Waals surface area contributed by atoms with E-state index in [1.54, 1.807) is 7.11 Å². The minimum absolute atomic E-state index is 0.141. The molecule has 84 valence electrons. The highest BCUT2D eigenvalue weighted by molar-refractivity contribution is 6.20. The fraction of sp³-hybridized carbons (Fsp3) is 0.538. The molecule has 1 nitrogen and oxygen atoms in total. The minimum atomic E-state index is 0.141. The van der Waals surface area contributed by atoms with Crippen molar-refractivity contribution in [2.45, 2.75) is 38.0 Å². The van der Waals surface area contributed by atoms with Crippen molar-refractivity contribution in [3.63, 3.8) is 0 Å². The van der Waals surface area contributed by atoms with Gasteiger partial charge in [-0.1, -0.05) is 38.3 Å². The molecule has 0 saturated heterocycles. The Balaban J connectivity index is 2.46. The first-order chi connectivity index (χ1) is 7.27. The smallest absolute Gasteiger partial charge is 0.118 e. The number of ether oxygens (including phenoxy) is 1. The van der Waals surface area contributed by atoms with E-state index in [2.05, 4.69) is 6.92 Å². The number of methoxy groups -OCH3 is 1. The third kappa shape index (κ3) is 4.13. The van der Waals surface area contributed by atoms with E-state index in [1.165, 1.54) is 24.8 Å². The van der Waals surface area contributed by atoms with Gasteiger partial charge in [0.05, 0.1) is 12.5 Å². The molecule has 1 aromatic rings. The second-order valence-electron chi connectivity index (χ2n) is 3.74. The van der Waals surface area contributed by atoms with Gasteiger partial charge in [-0.15, -0.1) is 11.6 Å². The van der Waals surface area contributed by atoms with E-state index in [-0.39, 0.29) is 5.38 Å². The van der Waals surface area contributed by atoms with Crippen molar-refractivity contribution in [1.82, 2.24) is 0 Å². The zero-order valence-electron chi connectivity index (χ0n) is 9.50. The lowest BCUT2D eigenvalue weighted by atomic mass is 10.1. The molecule has 0 saturated carbocycles. The van der Waals surface area contributed by atoms with Gasteiger partial charge < -0.3 is 4.74 Å². The molecule has 0 aromatic heterocycles. The van der Waals surface area contributed by atoms with Gasteiger partial charge in [-0.2, -0.15) is 0 Å². The molecule has 0 aliphatic heterocycles. The van der Waals surface area contributed by atoms with Crippen LogP contribution in [0, 0.1) is 0 Å². The topological polar surface area (TPSA) is 9.23 Å². The lowest BCUT2D eigenvalue weighted by Crippen LogP contribution is -1.91. The molecule has 0 fully saturated rings. The maximum atomic E-state index is 6.30. The molecule has 0 spiro atoms. The van der Waals surface area contributed by atoms with E-state index in [9.17, 15) is 0 Å². The average molecular weight is 227 g/mol. The summed E-state index contributed by atoms with van der Waals surface area (Å²) in [5, 5.41) is 0.141. The van der Waals surface area contributed by atoms with E-state index in [0.717, 1.165) is 12.2 Å². The van der Waals surface area contributed by atoms with E-state index in [4.69, 9.17) is 16.3 Å². The summed E-state index contributed by atoms with van der Waals surface area (Å²) in [5.74, 6) is 0.885. The molecule has 2 heteroatoms. The van der Waals surface area contributed by atoms with E-state index in [1.807, 2.05) is 24.3 Å². The Morgan fingerprint density at radius 3 is 2.40 bits per heavy atom. The predicted octanol–water partition coefficient (Wildman–Crippen LogP) is 4.56. The van der Waals surface area contributed by atoms with E-state index >= 15 is 0 Å². The summed E-state index contributed by atoms with van der Waals surface area (Å²) in [6.45, 7) is 2.20. The summed E-state index contributed by atoms with van der Waals surface area (Å²) < 4.78 is 5.10. The van der Waals surface area contributed by atoms with Crippen molar-refractivity contribution in [2.24, 2.45) is 0 Å². The molecule has 1 rings (SSSR count). The molecular weight excluding hydrogens is 208 g/mol. The van der Waals surface area contributed by atoms with Crippen molar-refractivity contribution in [2.75, 3.05) is 7.11 Å². The molecule has 0 radical (unpaired) electrons. The number of alkyl halides is 1. The Morgan fingerprint density at radius 1 is 1.20 bits per heavy atom. The molecule has 0 bridgehead atoms. The Bertz CT molecular complexity index is 268. The standard InChI is InChI=1S/C13H19ClO/c1-3-4-5-6-13(14)11-7-9-12(15-2)10-8-11/h7-10,13H,3-6H2,1-2H3. The van der Waals surface area contributed by atoms with Crippen LogP contribution in [0.15, 0.2) is 24.3 Å². The largest absolute Gasteiger partial charge is 0.497 e. The summed E-state index contributed by atoms with van der Waals surface area (Å²) >= 11 is 6.30. The third-order valence-corrected chi connectivity index (χ3v) is 3.01. The molecule has 1 aromatic carbocycles. The molecule has 1 atom stereocenters. The summed E-state index contributed by atoms with van der Waals surface area (Å²) in [4.78, 5) is 0. The number of unbranched alkanes of at least 4 members (excludes halogenated alkanes) is 2. The van der Waals surface area contributed by atoms with Crippen molar-refractivity contribution >= 4 is 11.6 Å². The number of hydrogen-bond donors (Lipinski definition) is 0. The second-order valence-corrected chi connectivity index (χ2v) is 4.26. The second kappa shape index (κ2) is 6.73. The van der Waals surface area contributed by atoms with Gasteiger partial charge >= 0.3 is 0 Å². The van der Waals surface area contributed by atoms with Gasteiger partial charge in [-0.3, -0.25) is 0 Å². The van der Waals surface area contributed by atoms with Crippen LogP contribution >= 0.6 is 11.6 Å². The minimum Gasteiger partial charge on any atom is -0.497 e. The molecular formula is C13H19ClO. The van der Waals surface area contributed by atoms with Gasteiger partial charge in [0.1, 0.15) is 5.75 Å². The normalized spacial score (nSPS) is 12.5. The lowest BCUT2D eigenvalue weighted by molar-refractivity contribution is 0.414. The summed E-state index contributed by atoms with van der Waals surface area (Å²) in [7, 11) is 1.68. The van der Waals surface area contributed by atoms with Crippen LogP contribution in [0.4, 0.5) is 0 Å². The van der Waals surface area contributed by atoms with Crippen LogP contribution in [0.3, 0.4) is 0 Å². The maximum absolute atomic E-state index is 6.30. The highest BCUT2D eigenvalue weighted by atomic mass is 35.5. The third-order valence-electron chi connectivity index (χ3n) is 2.54. The lowest BCUT2D eigenvalue weighted by Gasteiger charge is -2.09.